The van der Waals surface area contributed by atoms with Crippen molar-refractivity contribution in [3.63, 3.8) is 0 Å². The lowest BCUT2D eigenvalue weighted by atomic mass is 9.85. The molecule has 0 aliphatic carbocycles. The van der Waals surface area contributed by atoms with E-state index in [9.17, 15) is 4.79 Å². The molecule has 18 heavy (non-hydrogen) atoms. The van der Waals surface area contributed by atoms with Crippen molar-refractivity contribution in [1.29, 1.82) is 0 Å². The van der Waals surface area contributed by atoms with E-state index < -0.39 is 5.60 Å². The van der Waals surface area contributed by atoms with Gasteiger partial charge in [0.05, 0.1) is 0 Å². The SMILES string of the molecule is CC(C)C1CC(CN)CCN1C(=O)OC(C)(C)C. The van der Waals surface area contributed by atoms with Gasteiger partial charge in [-0.2, -0.15) is 0 Å². The van der Waals surface area contributed by atoms with Crippen LogP contribution in [0.15, 0.2) is 0 Å². The zero-order valence-corrected chi connectivity index (χ0v) is 12.4. The lowest BCUT2D eigenvalue weighted by molar-refractivity contribution is -0.00200. The van der Waals surface area contributed by atoms with Crippen molar-refractivity contribution in [2.45, 2.75) is 59.1 Å². The Hall–Kier alpha value is -0.770. The van der Waals surface area contributed by atoms with Crippen LogP contribution in [0.2, 0.25) is 0 Å². The number of amides is 1. The number of likely N-dealkylation sites (tertiary alicyclic amines) is 1. The predicted octanol–water partition coefficient (Wildman–Crippen LogP) is 2.62. The molecule has 1 heterocycles. The molecular formula is C14H28N2O2. The van der Waals surface area contributed by atoms with Crippen LogP contribution in [0.5, 0.6) is 0 Å². The van der Waals surface area contributed by atoms with E-state index in [2.05, 4.69) is 13.8 Å². The Labute approximate surface area is 111 Å². The van der Waals surface area contributed by atoms with Gasteiger partial charge in [-0.1, -0.05) is 13.8 Å². The van der Waals surface area contributed by atoms with E-state index in [-0.39, 0.29) is 12.1 Å². The number of nitrogens with zero attached hydrogens (tertiary/aromatic N) is 1. The average molecular weight is 256 g/mol. The van der Waals surface area contributed by atoms with Crippen molar-refractivity contribution in [2.75, 3.05) is 13.1 Å². The van der Waals surface area contributed by atoms with Gasteiger partial charge in [0.2, 0.25) is 0 Å². The van der Waals surface area contributed by atoms with E-state index in [4.69, 9.17) is 10.5 Å². The van der Waals surface area contributed by atoms with Crippen LogP contribution in [-0.2, 0) is 4.74 Å². The first-order chi connectivity index (χ1) is 8.24. The molecule has 0 radical (unpaired) electrons. The van der Waals surface area contributed by atoms with Gasteiger partial charge in [-0.05, 0) is 52.0 Å². The summed E-state index contributed by atoms with van der Waals surface area (Å²) in [6.45, 7) is 11.5. The molecule has 1 fully saturated rings. The standard InChI is InChI=1S/C14H28N2O2/c1-10(2)12-8-11(9-15)6-7-16(12)13(17)18-14(3,4)5/h10-12H,6-9,15H2,1-5H3. The van der Waals surface area contributed by atoms with Gasteiger partial charge in [-0.25, -0.2) is 4.79 Å². The van der Waals surface area contributed by atoms with E-state index in [1.54, 1.807) is 0 Å². The smallest absolute Gasteiger partial charge is 0.410 e. The predicted molar refractivity (Wildman–Crippen MR) is 73.3 cm³/mol. The van der Waals surface area contributed by atoms with Crippen LogP contribution in [0.3, 0.4) is 0 Å². The number of nitrogens with two attached hydrogens (primary N) is 1. The molecule has 4 nitrogen and oxygen atoms in total. The molecule has 1 amide bonds. The molecular weight excluding hydrogens is 228 g/mol. The van der Waals surface area contributed by atoms with Crippen molar-refractivity contribution in [3.8, 4) is 0 Å². The first kappa shape index (κ1) is 15.3. The molecule has 1 aliphatic rings. The number of ether oxygens (including phenoxy) is 1. The lowest BCUT2D eigenvalue weighted by Crippen LogP contribution is -2.51. The van der Waals surface area contributed by atoms with E-state index >= 15 is 0 Å². The summed E-state index contributed by atoms with van der Waals surface area (Å²) in [5.74, 6) is 0.975. The number of carbonyl (C=O) groups is 1. The minimum absolute atomic E-state index is 0.184. The Morgan fingerprint density at radius 1 is 1.44 bits per heavy atom. The Morgan fingerprint density at radius 2 is 2.06 bits per heavy atom. The van der Waals surface area contributed by atoms with E-state index in [1.165, 1.54) is 0 Å². The Kier molecular flexibility index (Phi) is 5.02. The first-order valence-electron chi connectivity index (χ1n) is 6.94. The highest BCUT2D eigenvalue weighted by atomic mass is 16.6. The van der Waals surface area contributed by atoms with E-state index in [0.29, 0.717) is 18.4 Å². The summed E-state index contributed by atoms with van der Waals surface area (Å²) in [7, 11) is 0. The highest BCUT2D eigenvalue weighted by Gasteiger charge is 2.35. The zero-order chi connectivity index (χ0) is 13.9. The van der Waals surface area contributed by atoms with Crippen LogP contribution in [0.1, 0.15) is 47.5 Å². The summed E-state index contributed by atoms with van der Waals surface area (Å²) in [6.07, 6.45) is 1.79. The second-order valence-corrected chi connectivity index (χ2v) is 6.61. The van der Waals surface area contributed by atoms with Gasteiger partial charge in [-0.15, -0.1) is 0 Å². The van der Waals surface area contributed by atoms with Crippen LogP contribution in [0, 0.1) is 11.8 Å². The molecule has 2 unspecified atom stereocenters. The third-order valence-corrected chi connectivity index (χ3v) is 3.48. The quantitative estimate of drug-likeness (QED) is 0.826. The van der Waals surface area contributed by atoms with Crippen LogP contribution < -0.4 is 5.73 Å². The topological polar surface area (TPSA) is 55.6 Å². The van der Waals surface area contributed by atoms with Crippen LogP contribution in [-0.4, -0.2) is 35.7 Å². The fourth-order valence-corrected chi connectivity index (χ4v) is 2.47. The fraction of sp³-hybridized carbons (Fsp3) is 0.929. The van der Waals surface area contributed by atoms with Gasteiger partial charge in [0, 0.05) is 12.6 Å². The molecule has 1 aliphatic heterocycles. The van der Waals surface area contributed by atoms with Gasteiger partial charge < -0.3 is 15.4 Å². The minimum Gasteiger partial charge on any atom is -0.444 e. The lowest BCUT2D eigenvalue weighted by Gasteiger charge is -2.41. The molecule has 0 saturated carbocycles. The van der Waals surface area contributed by atoms with E-state index in [0.717, 1.165) is 19.4 Å². The van der Waals surface area contributed by atoms with Crippen molar-refractivity contribution in [2.24, 2.45) is 17.6 Å². The normalized spacial score (nSPS) is 25.4. The first-order valence-corrected chi connectivity index (χ1v) is 6.94. The summed E-state index contributed by atoms with van der Waals surface area (Å²) in [5, 5.41) is 0. The molecule has 0 spiro atoms. The van der Waals surface area contributed by atoms with Gasteiger partial charge >= 0.3 is 6.09 Å². The molecule has 4 heteroatoms. The number of carbonyl (C=O) groups excluding carboxylic acids is 1. The van der Waals surface area contributed by atoms with E-state index in [1.807, 2.05) is 25.7 Å². The van der Waals surface area contributed by atoms with Gasteiger partial charge in [0.1, 0.15) is 5.60 Å². The fourth-order valence-electron chi connectivity index (χ4n) is 2.47. The summed E-state index contributed by atoms with van der Waals surface area (Å²) in [4.78, 5) is 14.1. The maximum absolute atomic E-state index is 12.2. The number of hydrogen-bond donors (Lipinski definition) is 1. The highest BCUT2D eigenvalue weighted by Crippen LogP contribution is 2.28. The summed E-state index contributed by atoms with van der Waals surface area (Å²) < 4.78 is 5.48. The summed E-state index contributed by atoms with van der Waals surface area (Å²) >= 11 is 0. The molecule has 0 aromatic rings. The van der Waals surface area contributed by atoms with Gasteiger partial charge in [-0.3, -0.25) is 0 Å². The van der Waals surface area contributed by atoms with Crippen LogP contribution in [0.4, 0.5) is 4.79 Å². The van der Waals surface area contributed by atoms with Crippen molar-refractivity contribution in [3.05, 3.63) is 0 Å². The Bertz CT molecular complexity index is 284. The number of hydrogen-bond acceptors (Lipinski definition) is 3. The van der Waals surface area contributed by atoms with Crippen LogP contribution in [0.25, 0.3) is 0 Å². The second-order valence-electron chi connectivity index (χ2n) is 6.61. The molecule has 2 N–H and O–H groups in total. The van der Waals surface area contributed by atoms with Crippen molar-refractivity contribution < 1.29 is 9.53 Å². The monoisotopic (exact) mass is 256 g/mol. The Morgan fingerprint density at radius 3 is 2.50 bits per heavy atom. The van der Waals surface area contributed by atoms with Crippen molar-refractivity contribution in [1.82, 2.24) is 4.90 Å². The molecule has 0 aromatic heterocycles. The maximum atomic E-state index is 12.2. The molecule has 0 bridgehead atoms. The van der Waals surface area contributed by atoms with Gasteiger partial charge in [0.15, 0.2) is 0 Å². The summed E-state index contributed by atoms with van der Waals surface area (Å²) in [6, 6.07) is 0.252. The molecule has 2 atom stereocenters. The molecule has 106 valence electrons. The van der Waals surface area contributed by atoms with Gasteiger partial charge in [0.25, 0.3) is 0 Å². The number of rotatable bonds is 2. The van der Waals surface area contributed by atoms with Crippen LogP contribution >= 0.6 is 0 Å². The summed E-state index contributed by atoms with van der Waals surface area (Å²) in [5.41, 5.74) is 5.33. The third-order valence-electron chi connectivity index (χ3n) is 3.48. The molecule has 0 aromatic carbocycles. The maximum Gasteiger partial charge on any atom is 0.410 e. The number of piperidine rings is 1. The highest BCUT2D eigenvalue weighted by molar-refractivity contribution is 5.68. The van der Waals surface area contributed by atoms with Crippen molar-refractivity contribution >= 4 is 6.09 Å². The minimum atomic E-state index is -0.427. The third kappa shape index (κ3) is 4.16. The second kappa shape index (κ2) is 5.91. The zero-order valence-electron chi connectivity index (χ0n) is 12.4. The molecule has 1 rings (SSSR count). The molecule has 1 saturated heterocycles. The largest absolute Gasteiger partial charge is 0.444 e. The Balaban J connectivity index is 2.71. The average Bonchev–Trinajstić information content (AvgIpc) is 2.25.